The third kappa shape index (κ3) is 1.57. The Balaban J connectivity index is 2.18. The van der Waals surface area contributed by atoms with Crippen molar-refractivity contribution in [2.75, 3.05) is 12.8 Å². The van der Waals surface area contributed by atoms with Crippen molar-refractivity contribution in [2.45, 2.75) is 23.7 Å². The third-order valence-electron chi connectivity index (χ3n) is 3.45. The van der Waals surface area contributed by atoms with Gasteiger partial charge >= 0.3 is 0 Å². The first kappa shape index (κ1) is 10.1. The van der Waals surface area contributed by atoms with Crippen LogP contribution in [-0.4, -0.2) is 12.8 Å². The predicted octanol–water partition coefficient (Wildman–Crippen LogP) is 2.64. The second kappa shape index (κ2) is 3.59. The van der Waals surface area contributed by atoms with Crippen molar-refractivity contribution in [3.63, 3.8) is 0 Å². The number of rotatable bonds is 3. The molecule has 1 fully saturated rings. The summed E-state index contributed by atoms with van der Waals surface area (Å²) in [4.78, 5) is 1.34. The zero-order valence-electron chi connectivity index (χ0n) is 8.79. The molecule has 14 heavy (non-hydrogen) atoms. The maximum atomic E-state index is 5.70. The molecule has 0 radical (unpaired) electrons. The zero-order valence-corrected chi connectivity index (χ0v) is 9.60. The molecule has 0 bridgehead atoms. The quantitative estimate of drug-likeness (QED) is 0.771. The molecule has 0 saturated heterocycles. The summed E-state index contributed by atoms with van der Waals surface area (Å²) in [6.07, 6.45) is 3.36. The van der Waals surface area contributed by atoms with Crippen molar-refractivity contribution in [2.24, 2.45) is 11.7 Å². The van der Waals surface area contributed by atoms with Crippen LogP contribution in [0.5, 0.6) is 0 Å². The Morgan fingerprint density at radius 3 is 2.50 bits per heavy atom. The number of benzene rings is 1. The van der Waals surface area contributed by atoms with E-state index < -0.39 is 0 Å². The molecule has 0 aliphatic heterocycles. The summed E-state index contributed by atoms with van der Waals surface area (Å²) >= 11 is 1.79. The monoisotopic (exact) mass is 207 g/mol. The standard InChI is InChI=1S/C12H17NS/c1-12(7-10(12)8-13)9-3-5-11(14-2)6-4-9/h3-6,10H,7-8,13H2,1-2H3. The van der Waals surface area contributed by atoms with Crippen LogP contribution in [-0.2, 0) is 5.41 Å². The molecule has 1 nitrogen and oxygen atoms in total. The molecule has 2 unspecified atom stereocenters. The summed E-state index contributed by atoms with van der Waals surface area (Å²) in [6, 6.07) is 8.91. The molecular weight excluding hydrogens is 190 g/mol. The highest BCUT2D eigenvalue weighted by molar-refractivity contribution is 7.98. The van der Waals surface area contributed by atoms with E-state index >= 15 is 0 Å². The smallest absolute Gasteiger partial charge is 0.00693 e. The first-order valence-corrected chi connectivity index (χ1v) is 6.28. The fraction of sp³-hybridized carbons (Fsp3) is 0.500. The summed E-state index contributed by atoms with van der Waals surface area (Å²) in [7, 11) is 0. The summed E-state index contributed by atoms with van der Waals surface area (Å²) in [5.74, 6) is 0.697. The number of thioether (sulfide) groups is 1. The molecule has 0 aromatic heterocycles. The predicted molar refractivity (Wildman–Crippen MR) is 62.7 cm³/mol. The van der Waals surface area contributed by atoms with E-state index in [0.29, 0.717) is 11.3 Å². The van der Waals surface area contributed by atoms with Gasteiger partial charge in [0.05, 0.1) is 0 Å². The lowest BCUT2D eigenvalue weighted by Crippen LogP contribution is -2.11. The lowest BCUT2D eigenvalue weighted by atomic mass is 9.96. The summed E-state index contributed by atoms with van der Waals surface area (Å²) < 4.78 is 0. The zero-order chi connectivity index (χ0) is 10.2. The van der Waals surface area contributed by atoms with Crippen LogP contribution in [0.4, 0.5) is 0 Å². The fourth-order valence-corrected chi connectivity index (χ4v) is 2.53. The number of hydrogen-bond acceptors (Lipinski definition) is 2. The SMILES string of the molecule is CSc1ccc(C2(C)CC2CN)cc1. The number of hydrogen-bond donors (Lipinski definition) is 1. The molecule has 1 aromatic carbocycles. The minimum atomic E-state index is 0.367. The van der Waals surface area contributed by atoms with Crippen LogP contribution in [0, 0.1) is 5.92 Å². The third-order valence-corrected chi connectivity index (χ3v) is 4.19. The van der Waals surface area contributed by atoms with Gasteiger partial charge in [0.15, 0.2) is 0 Å². The Hall–Kier alpha value is -0.470. The van der Waals surface area contributed by atoms with Crippen molar-refractivity contribution in [3.05, 3.63) is 29.8 Å². The second-order valence-corrected chi connectivity index (χ2v) is 5.16. The van der Waals surface area contributed by atoms with E-state index in [2.05, 4.69) is 37.4 Å². The van der Waals surface area contributed by atoms with Crippen LogP contribution in [0.3, 0.4) is 0 Å². The molecule has 0 heterocycles. The van der Waals surface area contributed by atoms with E-state index in [1.54, 1.807) is 11.8 Å². The lowest BCUT2D eigenvalue weighted by molar-refractivity contribution is 0.665. The normalized spacial score (nSPS) is 30.4. The molecule has 2 atom stereocenters. The molecule has 1 aliphatic carbocycles. The average Bonchev–Trinajstić information content (AvgIpc) is 2.91. The molecule has 1 aromatic rings. The van der Waals surface area contributed by atoms with Gasteiger partial charge in [-0.05, 0) is 48.3 Å². The van der Waals surface area contributed by atoms with E-state index in [-0.39, 0.29) is 0 Å². The van der Waals surface area contributed by atoms with Gasteiger partial charge in [0.2, 0.25) is 0 Å². The average molecular weight is 207 g/mol. The van der Waals surface area contributed by atoms with E-state index in [1.807, 2.05) is 0 Å². The van der Waals surface area contributed by atoms with Gasteiger partial charge in [-0.1, -0.05) is 19.1 Å². The maximum absolute atomic E-state index is 5.70. The van der Waals surface area contributed by atoms with Gasteiger partial charge in [-0.3, -0.25) is 0 Å². The number of nitrogens with two attached hydrogens (primary N) is 1. The van der Waals surface area contributed by atoms with E-state index in [4.69, 9.17) is 5.73 Å². The van der Waals surface area contributed by atoms with Gasteiger partial charge in [0, 0.05) is 4.90 Å². The van der Waals surface area contributed by atoms with Crippen LogP contribution < -0.4 is 5.73 Å². The highest BCUT2D eigenvalue weighted by atomic mass is 32.2. The fourth-order valence-electron chi connectivity index (χ4n) is 2.12. The molecule has 2 rings (SSSR count). The highest BCUT2D eigenvalue weighted by Gasteiger charge is 2.49. The van der Waals surface area contributed by atoms with Crippen LogP contribution in [0.2, 0.25) is 0 Å². The van der Waals surface area contributed by atoms with Crippen molar-refractivity contribution < 1.29 is 0 Å². The minimum absolute atomic E-state index is 0.367. The maximum Gasteiger partial charge on any atom is 0.00693 e. The Kier molecular flexibility index (Phi) is 2.58. The molecular formula is C12H17NS. The van der Waals surface area contributed by atoms with E-state index in [1.165, 1.54) is 16.9 Å². The molecule has 2 heteroatoms. The van der Waals surface area contributed by atoms with Gasteiger partial charge in [-0.25, -0.2) is 0 Å². The second-order valence-electron chi connectivity index (χ2n) is 4.28. The first-order chi connectivity index (χ1) is 6.70. The summed E-state index contributed by atoms with van der Waals surface area (Å²) in [6.45, 7) is 3.14. The van der Waals surface area contributed by atoms with Crippen molar-refractivity contribution in [3.8, 4) is 0 Å². The van der Waals surface area contributed by atoms with Crippen molar-refractivity contribution in [1.29, 1.82) is 0 Å². The van der Waals surface area contributed by atoms with E-state index in [0.717, 1.165) is 6.54 Å². The van der Waals surface area contributed by atoms with Crippen LogP contribution >= 0.6 is 11.8 Å². The molecule has 1 aliphatic rings. The Labute approximate surface area is 90.1 Å². The molecule has 2 N–H and O–H groups in total. The van der Waals surface area contributed by atoms with Gasteiger partial charge < -0.3 is 5.73 Å². The van der Waals surface area contributed by atoms with Crippen LogP contribution in [0.1, 0.15) is 18.9 Å². The van der Waals surface area contributed by atoms with Crippen LogP contribution in [0.15, 0.2) is 29.2 Å². The first-order valence-electron chi connectivity index (χ1n) is 5.05. The molecule has 1 saturated carbocycles. The molecule has 76 valence electrons. The topological polar surface area (TPSA) is 26.0 Å². The van der Waals surface area contributed by atoms with Crippen molar-refractivity contribution in [1.82, 2.24) is 0 Å². The lowest BCUT2D eigenvalue weighted by Gasteiger charge is -2.11. The van der Waals surface area contributed by atoms with Gasteiger partial charge in [0.1, 0.15) is 0 Å². The van der Waals surface area contributed by atoms with Gasteiger partial charge in [-0.2, -0.15) is 0 Å². The van der Waals surface area contributed by atoms with Gasteiger partial charge in [0.25, 0.3) is 0 Å². The van der Waals surface area contributed by atoms with Crippen LogP contribution in [0.25, 0.3) is 0 Å². The Morgan fingerprint density at radius 1 is 1.43 bits per heavy atom. The summed E-state index contributed by atoms with van der Waals surface area (Å²) in [5.41, 5.74) is 7.52. The molecule has 0 amide bonds. The minimum Gasteiger partial charge on any atom is -0.330 e. The molecule has 0 spiro atoms. The highest BCUT2D eigenvalue weighted by Crippen LogP contribution is 2.53. The summed E-state index contributed by atoms with van der Waals surface area (Å²) in [5, 5.41) is 0. The van der Waals surface area contributed by atoms with Gasteiger partial charge in [-0.15, -0.1) is 11.8 Å². The van der Waals surface area contributed by atoms with Crippen molar-refractivity contribution >= 4 is 11.8 Å². The Bertz CT molecular complexity index is 320. The van der Waals surface area contributed by atoms with E-state index in [9.17, 15) is 0 Å². The Morgan fingerprint density at radius 2 is 2.07 bits per heavy atom. The largest absolute Gasteiger partial charge is 0.330 e.